The summed E-state index contributed by atoms with van der Waals surface area (Å²) in [4.78, 5) is 25.1. The monoisotopic (exact) mass is 1040 g/mol. The summed E-state index contributed by atoms with van der Waals surface area (Å²) in [5.41, 5.74) is 10.5. The zero-order valence-corrected chi connectivity index (χ0v) is 50.5. The number of hydrogen-bond acceptors (Lipinski definition) is 6. The van der Waals surface area contributed by atoms with Crippen LogP contribution in [0.25, 0.3) is 65.0 Å². The summed E-state index contributed by atoms with van der Waals surface area (Å²) in [6, 6.07) is 60.0. The third kappa shape index (κ3) is 24.2. The Labute approximate surface area is 470 Å². The second-order valence-corrected chi connectivity index (χ2v) is 16.2. The van der Waals surface area contributed by atoms with E-state index in [1.165, 1.54) is 70.7 Å². The SMILES string of the molecule is CC.CC.CC.CC.CC.CC.Cc1cc2ccccc2cn1.Cc1ccc2ccccc2n1.Cc1ccc2cccnc2c1.Cc1ccc2ccncc2c1.Cc1ccc2cnccc2c1.Cc1ccc2ncccc2c1. The Morgan fingerprint density at radius 3 is 1.28 bits per heavy atom. The Morgan fingerprint density at radius 1 is 0.231 bits per heavy atom. The molecular weight excluding hydrogens is 949 g/mol. The molecule has 0 aliphatic rings. The van der Waals surface area contributed by atoms with Gasteiger partial charge in [0.05, 0.1) is 16.6 Å². The standard InChI is InChI=1S/6C10H9N.6C2H6/c1-8-2-3-10-7-11-5-4-9(10)6-8;1-8-2-3-9-4-5-11-7-10(9)6-8;1-8-4-5-10-9(7-8)3-2-6-11-10;1-8-4-5-9-3-2-6-11-10(9)7-8;1-8-6-9-4-2-3-5-10(9)7-11-8;1-8-6-7-9-4-2-3-5-10(9)11-8;6*1-2/h6*2-7H,1H3;6*1-2H3. The minimum Gasteiger partial charge on any atom is -0.264 e. The summed E-state index contributed by atoms with van der Waals surface area (Å²) in [6.45, 7) is 36.4. The van der Waals surface area contributed by atoms with Gasteiger partial charge < -0.3 is 0 Å². The molecule has 0 amide bonds. The Bertz CT molecular complexity index is 2880. The van der Waals surface area contributed by atoms with Gasteiger partial charge in [-0.15, -0.1) is 0 Å². The second kappa shape index (κ2) is 41.0. The van der Waals surface area contributed by atoms with Crippen LogP contribution in [0.2, 0.25) is 0 Å². The van der Waals surface area contributed by atoms with Gasteiger partial charge in [0, 0.05) is 87.1 Å². The van der Waals surface area contributed by atoms with Gasteiger partial charge in [-0.25, -0.2) is 0 Å². The Kier molecular flexibility index (Phi) is 35.6. The molecule has 0 spiro atoms. The molecular formula is C72H90N6. The fraction of sp³-hybridized carbons (Fsp3) is 0.250. The smallest absolute Gasteiger partial charge is 0.0705 e. The first-order valence-corrected chi connectivity index (χ1v) is 28.0. The summed E-state index contributed by atoms with van der Waals surface area (Å²) < 4.78 is 0. The molecule has 0 fully saturated rings. The number of aromatic nitrogens is 6. The van der Waals surface area contributed by atoms with Crippen LogP contribution in [0.15, 0.2) is 219 Å². The van der Waals surface area contributed by atoms with Gasteiger partial charge in [0.25, 0.3) is 0 Å². The molecule has 0 aliphatic heterocycles. The van der Waals surface area contributed by atoms with Crippen molar-refractivity contribution in [3.8, 4) is 0 Å². The van der Waals surface area contributed by atoms with E-state index in [9.17, 15) is 0 Å². The first-order valence-electron chi connectivity index (χ1n) is 28.0. The van der Waals surface area contributed by atoms with Gasteiger partial charge in [-0.3, -0.25) is 29.9 Å². The molecule has 6 aromatic heterocycles. The average Bonchev–Trinajstić information content (AvgIpc) is 3.51. The fourth-order valence-electron chi connectivity index (χ4n) is 7.14. The van der Waals surface area contributed by atoms with Crippen molar-refractivity contribution in [2.75, 3.05) is 0 Å². The van der Waals surface area contributed by atoms with E-state index in [0.29, 0.717) is 0 Å². The molecule has 0 N–H and O–H groups in total. The highest BCUT2D eigenvalue weighted by atomic mass is 14.7. The zero-order chi connectivity index (χ0) is 58.1. The lowest BCUT2D eigenvalue weighted by Crippen LogP contribution is -1.80. The van der Waals surface area contributed by atoms with E-state index in [4.69, 9.17) is 0 Å². The molecule has 12 rings (SSSR count). The number of para-hydroxylation sites is 1. The number of rotatable bonds is 0. The van der Waals surface area contributed by atoms with Gasteiger partial charge in [-0.1, -0.05) is 209 Å². The van der Waals surface area contributed by atoms with E-state index < -0.39 is 0 Å². The van der Waals surface area contributed by atoms with Crippen molar-refractivity contribution in [2.45, 2.75) is 125 Å². The van der Waals surface area contributed by atoms with Crippen LogP contribution in [-0.4, -0.2) is 29.9 Å². The summed E-state index contributed by atoms with van der Waals surface area (Å²) in [6.07, 6.45) is 13.0. The highest BCUT2D eigenvalue weighted by molar-refractivity contribution is 5.84. The number of hydrogen-bond donors (Lipinski definition) is 0. The Morgan fingerprint density at radius 2 is 0.641 bits per heavy atom. The molecule has 0 bridgehead atoms. The average molecular weight is 1040 g/mol. The van der Waals surface area contributed by atoms with Gasteiger partial charge in [0.2, 0.25) is 0 Å². The normalized spacial score (nSPS) is 9.15. The number of aryl methyl sites for hydroxylation is 6. The zero-order valence-electron chi connectivity index (χ0n) is 50.5. The second-order valence-electron chi connectivity index (χ2n) is 16.2. The molecule has 0 unspecified atom stereocenters. The van der Waals surface area contributed by atoms with Crippen molar-refractivity contribution >= 4 is 65.0 Å². The molecule has 78 heavy (non-hydrogen) atoms. The van der Waals surface area contributed by atoms with Gasteiger partial charge in [-0.2, -0.15) is 0 Å². The van der Waals surface area contributed by atoms with Crippen LogP contribution in [0.5, 0.6) is 0 Å². The first-order chi connectivity index (χ1) is 38.2. The summed E-state index contributed by atoms with van der Waals surface area (Å²) in [7, 11) is 0. The topological polar surface area (TPSA) is 77.3 Å². The maximum absolute atomic E-state index is 4.38. The lowest BCUT2D eigenvalue weighted by Gasteiger charge is -1.96. The van der Waals surface area contributed by atoms with Crippen molar-refractivity contribution in [1.82, 2.24) is 29.9 Å². The lowest BCUT2D eigenvalue weighted by molar-refractivity contribution is 1.22. The molecule has 6 nitrogen and oxygen atoms in total. The summed E-state index contributed by atoms with van der Waals surface area (Å²) in [5, 5.41) is 11.0. The Hall–Kier alpha value is -8.22. The van der Waals surface area contributed by atoms with Gasteiger partial charge in [0.1, 0.15) is 0 Å². The van der Waals surface area contributed by atoms with Crippen molar-refractivity contribution in [3.05, 3.63) is 253 Å². The molecule has 6 heterocycles. The van der Waals surface area contributed by atoms with E-state index in [1.54, 1.807) is 0 Å². The Balaban J connectivity index is 0.000000450. The largest absolute Gasteiger partial charge is 0.264 e. The predicted molar refractivity (Wildman–Crippen MR) is 347 cm³/mol. The third-order valence-corrected chi connectivity index (χ3v) is 10.6. The number of pyridine rings is 6. The molecule has 0 saturated heterocycles. The lowest BCUT2D eigenvalue weighted by atomic mass is 10.1. The minimum absolute atomic E-state index is 1.07. The molecule has 0 saturated carbocycles. The van der Waals surface area contributed by atoms with E-state index in [-0.39, 0.29) is 0 Å². The number of benzene rings is 6. The summed E-state index contributed by atoms with van der Waals surface area (Å²) in [5.74, 6) is 0. The van der Waals surface area contributed by atoms with E-state index >= 15 is 0 Å². The quantitative estimate of drug-likeness (QED) is 0.151. The van der Waals surface area contributed by atoms with Crippen molar-refractivity contribution in [2.24, 2.45) is 0 Å². The minimum atomic E-state index is 1.07. The summed E-state index contributed by atoms with van der Waals surface area (Å²) >= 11 is 0. The van der Waals surface area contributed by atoms with Crippen LogP contribution in [0.4, 0.5) is 0 Å². The molecule has 408 valence electrons. The molecule has 6 aromatic carbocycles. The van der Waals surface area contributed by atoms with Crippen molar-refractivity contribution < 1.29 is 0 Å². The van der Waals surface area contributed by atoms with Gasteiger partial charge in [0.15, 0.2) is 0 Å². The third-order valence-electron chi connectivity index (χ3n) is 10.6. The van der Waals surface area contributed by atoms with E-state index in [1.807, 2.05) is 207 Å². The maximum atomic E-state index is 4.38. The van der Waals surface area contributed by atoms with Gasteiger partial charge in [-0.05, 0) is 130 Å². The highest BCUT2D eigenvalue weighted by Crippen LogP contribution is 2.17. The van der Waals surface area contributed by atoms with Crippen LogP contribution >= 0.6 is 0 Å². The van der Waals surface area contributed by atoms with Crippen molar-refractivity contribution in [3.63, 3.8) is 0 Å². The molecule has 6 heteroatoms. The maximum Gasteiger partial charge on any atom is 0.0705 e. The van der Waals surface area contributed by atoms with Crippen LogP contribution < -0.4 is 0 Å². The molecule has 0 atom stereocenters. The predicted octanol–water partition coefficient (Wildman–Crippen LogP) is 21.4. The van der Waals surface area contributed by atoms with Gasteiger partial charge >= 0.3 is 0 Å². The van der Waals surface area contributed by atoms with Crippen LogP contribution in [0.3, 0.4) is 0 Å². The molecule has 12 aromatic rings. The first kappa shape index (κ1) is 67.8. The number of fused-ring (bicyclic) bond motifs is 6. The van der Waals surface area contributed by atoms with E-state index in [2.05, 4.69) is 167 Å². The van der Waals surface area contributed by atoms with Crippen LogP contribution in [0.1, 0.15) is 117 Å². The van der Waals surface area contributed by atoms with Crippen LogP contribution in [-0.2, 0) is 0 Å². The molecule has 0 aliphatic carbocycles. The van der Waals surface area contributed by atoms with E-state index in [0.717, 1.165) is 27.9 Å². The van der Waals surface area contributed by atoms with Crippen LogP contribution in [0, 0.1) is 41.5 Å². The molecule has 0 radical (unpaired) electrons. The van der Waals surface area contributed by atoms with Crippen molar-refractivity contribution in [1.29, 1.82) is 0 Å². The number of nitrogens with zero attached hydrogens (tertiary/aromatic N) is 6. The highest BCUT2D eigenvalue weighted by Gasteiger charge is 1.95. The fourth-order valence-corrected chi connectivity index (χ4v) is 7.14.